The molecule has 0 saturated heterocycles. The molecule has 108 valence electrons. The highest BCUT2D eigenvalue weighted by molar-refractivity contribution is 5.48. The van der Waals surface area contributed by atoms with Gasteiger partial charge in [0.25, 0.3) is 0 Å². The summed E-state index contributed by atoms with van der Waals surface area (Å²) in [6.07, 6.45) is 2.60. The molecular formula is C16H22N2O2. The fourth-order valence-corrected chi connectivity index (χ4v) is 2.85. The normalized spacial score (nSPS) is 16.1. The highest BCUT2D eigenvalue weighted by Crippen LogP contribution is 2.34. The van der Waals surface area contributed by atoms with E-state index in [1.807, 2.05) is 0 Å². The lowest BCUT2D eigenvalue weighted by Crippen LogP contribution is -2.38. The predicted molar refractivity (Wildman–Crippen MR) is 78.0 cm³/mol. The van der Waals surface area contributed by atoms with E-state index in [1.165, 1.54) is 11.1 Å². The Balaban J connectivity index is 2.23. The van der Waals surface area contributed by atoms with Crippen LogP contribution in [0.3, 0.4) is 0 Å². The van der Waals surface area contributed by atoms with Crippen molar-refractivity contribution >= 4 is 0 Å². The number of hydrogen-bond acceptors (Lipinski definition) is 4. The Morgan fingerprint density at radius 3 is 2.45 bits per heavy atom. The van der Waals surface area contributed by atoms with Crippen LogP contribution < -0.4 is 9.47 Å². The predicted octanol–water partition coefficient (Wildman–Crippen LogP) is 2.75. The summed E-state index contributed by atoms with van der Waals surface area (Å²) in [5, 5.41) is 8.93. The van der Waals surface area contributed by atoms with Crippen LogP contribution in [0.2, 0.25) is 0 Å². The van der Waals surface area contributed by atoms with Gasteiger partial charge in [-0.3, -0.25) is 4.90 Å². The van der Waals surface area contributed by atoms with E-state index in [0.717, 1.165) is 37.4 Å². The second-order valence-corrected chi connectivity index (χ2v) is 5.12. The number of benzene rings is 1. The lowest BCUT2D eigenvalue weighted by molar-refractivity contribution is 0.175. The topological polar surface area (TPSA) is 45.5 Å². The minimum Gasteiger partial charge on any atom is -0.493 e. The molecule has 0 amide bonds. The van der Waals surface area contributed by atoms with Crippen molar-refractivity contribution in [2.75, 3.05) is 20.8 Å². The average Bonchev–Trinajstić information content (AvgIpc) is 2.50. The smallest absolute Gasteiger partial charge is 0.161 e. The zero-order valence-corrected chi connectivity index (χ0v) is 12.5. The van der Waals surface area contributed by atoms with Crippen molar-refractivity contribution in [1.82, 2.24) is 4.90 Å². The number of hydrogen-bond donors (Lipinski definition) is 0. The van der Waals surface area contributed by atoms with Crippen LogP contribution in [0.1, 0.15) is 30.9 Å². The van der Waals surface area contributed by atoms with Gasteiger partial charge in [-0.05, 0) is 36.1 Å². The maximum atomic E-state index is 8.93. The second-order valence-electron chi connectivity index (χ2n) is 5.12. The third-order valence-electron chi connectivity index (χ3n) is 4.06. The van der Waals surface area contributed by atoms with E-state index in [0.29, 0.717) is 12.5 Å². The third-order valence-corrected chi connectivity index (χ3v) is 4.06. The van der Waals surface area contributed by atoms with Gasteiger partial charge in [-0.15, -0.1) is 0 Å². The first kappa shape index (κ1) is 14.7. The molecule has 4 nitrogen and oxygen atoms in total. The molecule has 0 aliphatic carbocycles. The van der Waals surface area contributed by atoms with E-state index in [4.69, 9.17) is 14.7 Å². The average molecular weight is 274 g/mol. The molecule has 0 N–H and O–H groups in total. The summed E-state index contributed by atoms with van der Waals surface area (Å²) in [5.74, 6) is 1.57. The minimum atomic E-state index is 0.348. The molecule has 0 radical (unpaired) electrons. The Bertz CT molecular complexity index is 508. The van der Waals surface area contributed by atoms with E-state index in [9.17, 15) is 0 Å². The molecule has 1 aliphatic rings. The van der Waals surface area contributed by atoms with Gasteiger partial charge < -0.3 is 9.47 Å². The van der Waals surface area contributed by atoms with Crippen LogP contribution in [0.5, 0.6) is 11.5 Å². The lowest BCUT2D eigenvalue weighted by atomic mass is 9.96. The van der Waals surface area contributed by atoms with Gasteiger partial charge in [0.15, 0.2) is 11.5 Å². The standard InChI is InChI=1S/C16H22N2O2/c1-4-14(5-7-17)18-8-6-12-9-15(19-2)16(20-3)10-13(12)11-18/h9-10,14H,4-6,8,11H2,1-3H3. The zero-order chi connectivity index (χ0) is 14.5. The molecule has 1 aliphatic heterocycles. The molecule has 4 heteroatoms. The highest BCUT2D eigenvalue weighted by Gasteiger charge is 2.23. The van der Waals surface area contributed by atoms with Crippen LogP contribution in [0, 0.1) is 11.3 Å². The number of fused-ring (bicyclic) bond motifs is 1. The number of rotatable bonds is 5. The van der Waals surface area contributed by atoms with Crippen molar-refractivity contribution in [3.8, 4) is 17.6 Å². The van der Waals surface area contributed by atoms with E-state index in [1.54, 1.807) is 14.2 Å². The van der Waals surface area contributed by atoms with Crippen molar-refractivity contribution in [3.63, 3.8) is 0 Å². The van der Waals surface area contributed by atoms with Gasteiger partial charge >= 0.3 is 0 Å². The summed E-state index contributed by atoms with van der Waals surface area (Å²) in [6.45, 7) is 4.03. The van der Waals surface area contributed by atoms with Crippen molar-refractivity contribution in [2.45, 2.75) is 38.8 Å². The van der Waals surface area contributed by atoms with Gasteiger partial charge in [0.2, 0.25) is 0 Å². The number of ether oxygens (including phenoxy) is 2. The van der Waals surface area contributed by atoms with Crippen LogP contribution >= 0.6 is 0 Å². The van der Waals surface area contributed by atoms with Crippen molar-refractivity contribution in [2.24, 2.45) is 0 Å². The molecule has 1 heterocycles. The molecule has 0 spiro atoms. The van der Waals surface area contributed by atoms with Crippen LogP contribution in [-0.4, -0.2) is 31.7 Å². The quantitative estimate of drug-likeness (QED) is 0.828. The Labute approximate surface area is 120 Å². The number of nitriles is 1. The highest BCUT2D eigenvalue weighted by atomic mass is 16.5. The fraction of sp³-hybridized carbons (Fsp3) is 0.562. The summed E-state index contributed by atoms with van der Waals surface area (Å²) in [5.41, 5.74) is 2.61. The number of nitrogens with zero attached hydrogens (tertiary/aromatic N) is 2. The molecule has 1 aromatic carbocycles. The molecule has 0 fully saturated rings. The van der Waals surface area contributed by atoms with Gasteiger partial charge in [0.05, 0.1) is 26.7 Å². The Morgan fingerprint density at radius 2 is 1.90 bits per heavy atom. The third kappa shape index (κ3) is 2.88. The zero-order valence-electron chi connectivity index (χ0n) is 12.5. The summed E-state index contributed by atoms with van der Waals surface area (Å²) < 4.78 is 10.7. The van der Waals surface area contributed by atoms with Crippen LogP contribution in [0.25, 0.3) is 0 Å². The molecular weight excluding hydrogens is 252 g/mol. The molecule has 0 bridgehead atoms. The van der Waals surface area contributed by atoms with Crippen molar-refractivity contribution in [3.05, 3.63) is 23.3 Å². The Morgan fingerprint density at radius 1 is 1.25 bits per heavy atom. The second kappa shape index (κ2) is 6.62. The van der Waals surface area contributed by atoms with Gasteiger partial charge in [-0.1, -0.05) is 6.92 Å². The molecule has 1 aromatic rings. The minimum absolute atomic E-state index is 0.348. The number of methoxy groups -OCH3 is 2. The monoisotopic (exact) mass is 274 g/mol. The molecule has 2 rings (SSSR count). The van der Waals surface area contributed by atoms with Crippen molar-refractivity contribution in [1.29, 1.82) is 5.26 Å². The Kier molecular flexibility index (Phi) is 4.86. The summed E-state index contributed by atoms with van der Waals surface area (Å²) in [7, 11) is 3.33. The van der Waals surface area contributed by atoms with Gasteiger partial charge in [-0.2, -0.15) is 5.26 Å². The van der Waals surface area contributed by atoms with Crippen molar-refractivity contribution < 1.29 is 9.47 Å². The van der Waals surface area contributed by atoms with Crippen LogP contribution in [0.4, 0.5) is 0 Å². The maximum absolute atomic E-state index is 8.93. The largest absolute Gasteiger partial charge is 0.493 e. The molecule has 0 aromatic heterocycles. The van der Waals surface area contributed by atoms with E-state index >= 15 is 0 Å². The summed E-state index contributed by atoms with van der Waals surface area (Å²) >= 11 is 0. The van der Waals surface area contributed by atoms with Crippen LogP contribution in [-0.2, 0) is 13.0 Å². The van der Waals surface area contributed by atoms with E-state index in [2.05, 4.69) is 30.0 Å². The van der Waals surface area contributed by atoms with Crippen LogP contribution in [0.15, 0.2) is 12.1 Å². The molecule has 1 atom stereocenters. The SMILES string of the molecule is CCC(CC#N)N1CCc2cc(OC)c(OC)cc2C1. The first-order valence-corrected chi connectivity index (χ1v) is 7.08. The van der Waals surface area contributed by atoms with E-state index in [-0.39, 0.29) is 0 Å². The molecule has 0 saturated carbocycles. The molecule has 1 unspecified atom stereocenters. The summed E-state index contributed by atoms with van der Waals surface area (Å²) in [6, 6.07) is 6.79. The first-order chi connectivity index (χ1) is 9.73. The maximum Gasteiger partial charge on any atom is 0.161 e. The van der Waals surface area contributed by atoms with Gasteiger partial charge in [0.1, 0.15) is 0 Å². The summed E-state index contributed by atoms with van der Waals surface area (Å²) in [4.78, 5) is 2.40. The van der Waals surface area contributed by atoms with Gasteiger partial charge in [0, 0.05) is 19.1 Å². The molecule has 20 heavy (non-hydrogen) atoms. The first-order valence-electron chi connectivity index (χ1n) is 7.08. The van der Waals surface area contributed by atoms with Gasteiger partial charge in [-0.25, -0.2) is 0 Å². The van der Waals surface area contributed by atoms with E-state index < -0.39 is 0 Å². The fourth-order valence-electron chi connectivity index (χ4n) is 2.85. The lowest BCUT2D eigenvalue weighted by Gasteiger charge is -2.34. The Hall–Kier alpha value is -1.73.